The van der Waals surface area contributed by atoms with E-state index in [-0.39, 0.29) is 35.7 Å². The fourth-order valence-electron chi connectivity index (χ4n) is 15.5. The summed E-state index contributed by atoms with van der Waals surface area (Å²) < 4.78 is 49.6. The van der Waals surface area contributed by atoms with Crippen LogP contribution in [0, 0.1) is 74.4 Å². The molecule has 0 bridgehead atoms. The predicted octanol–water partition coefficient (Wildman–Crippen LogP) is 9.88. The highest BCUT2D eigenvalue weighted by Crippen LogP contribution is 2.90. The lowest BCUT2D eigenvalue weighted by Gasteiger charge is -2.52. The molecule has 80 heavy (non-hydrogen) atoms. The third-order valence-corrected chi connectivity index (χ3v) is 21.4. The third-order valence-electron chi connectivity index (χ3n) is 19.6. The topological polar surface area (TPSA) is 183 Å². The molecule has 418 valence electrons. The maximum atomic E-state index is 14.4. The first kappa shape index (κ1) is 56.2. The molecule has 0 aliphatic heterocycles. The van der Waals surface area contributed by atoms with Crippen LogP contribution in [0.1, 0.15) is 112 Å². The zero-order chi connectivity index (χ0) is 57.4. The van der Waals surface area contributed by atoms with Gasteiger partial charge in [-0.3, -0.25) is 19.2 Å². The minimum atomic E-state index is -3.65. The molecular weight excluding hydrogens is 1030 g/mol. The Hall–Kier alpha value is -7.13. The quantitative estimate of drug-likeness (QED) is 0.0646. The Morgan fingerprint density at radius 2 is 1.25 bits per heavy atom. The molecule has 5 aromatic rings. The van der Waals surface area contributed by atoms with Crippen LogP contribution in [0.25, 0.3) is 10.8 Å². The molecule has 0 heterocycles. The highest BCUT2D eigenvalue weighted by molar-refractivity contribution is 7.91. The standard InChI is InChI=1S/C66H71NO12S/c1-61(2)55(57(69)78-39-43-23-19-41(20-24-43)14-10-11-37-80(74,75)54-18-13-15-50-51(54)16-12-17-53(50)67(6)7)65(61,59(71)76-8)66(60(72)77-9)56(62(66,3)4)58(70)79-40-44-25-21-42(22-26-44)31-35-64(73)36-33-52-49-29-27-45-38-46(68)28-30-47(45)48(49)32-34-63(52,64)5/h12-13,15-26,28,30,38,48-49,52,55-56,68,73H,11,27,29,32-34,36-37,39-40H2,1-9H3/t48-,49-,52+,55?,56?,63+,64+,65-,66-/m1/s1. The number of methoxy groups -OCH3 is 2. The van der Waals surface area contributed by atoms with Crippen molar-refractivity contribution in [1.82, 2.24) is 0 Å². The number of aliphatic hydroxyl groups is 1. The van der Waals surface area contributed by atoms with E-state index in [1.165, 1.54) is 25.3 Å². The van der Waals surface area contributed by atoms with E-state index in [9.17, 15) is 37.8 Å². The van der Waals surface area contributed by atoms with Crippen LogP contribution in [0.15, 0.2) is 108 Å². The number of carbonyl (C=O) groups excluding carboxylic acids is 4. The summed E-state index contributed by atoms with van der Waals surface area (Å²) in [6.45, 7) is 8.62. The van der Waals surface area contributed by atoms with Gasteiger partial charge in [0.15, 0.2) is 9.84 Å². The summed E-state index contributed by atoms with van der Waals surface area (Å²) in [5.74, 6) is 8.33. The van der Waals surface area contributed by atoms with Crippen LogP contribution in [-0.4, -0.2) is 82.2 Å². The highest BCUT2D eigenvalue weighted by Gasteiger charge is 3.00. The molecule has 9 atom stereocenters. The van der Waals surface area contributed by atoms with Gasteiger partial charge in [0.1, 0.15) is 35.4 Å². The average Bonchev–Trinajstić information content (AvgIpc) is 1.62. The van der Waals surface area contributed by atoms with Crippen LogP contribution in [0.4, 0.5) is 5.69 Å². The molecule has 2 N–H and O–H groups in total. The van der Waals surface area contributed by atoms with Gasteiger partial charge in [0, 0.05) is 53.5 Å². The number of aromatic hydroxyl groups is 1. The van der Waals surface area contributed by atoms with Crippen molar-refractivity contribution in [3.05, 3.63) is 137 Å². The number of anilines is 1. The zero-order valence-corrected chi connectivity index (χ0v) is 47.9. The lowest BCUT2D eigenvalue weighted by Crippen LogP contribution is -2.50. The molecule has 0 amide bonds. The number of hydrogen-bond acceptors (Lipinski definition) is 13. The summed E-state index contributed by atoms with van der Waals surface area (Å²) >= 11 is 0. The molecule has 0 aromatic heterocycles. The number of rotatable bonds is 13. The Labute approximate surface area is 469 Å². The molecule has 2 unspecified atom stereocenters. The zero-order valence-electron chi connectivity index (χ0n) is 47.1. The van der Waals surface area contributed by atoms with Gasteiger partial charge in [0.2, 0.25) is 0 Å². The number of phenols is 1. The van der Waals surface area contributed by atoms with Gasteiger partial charge in [-0.25, -0.2) is 8.42 Å². The molecule has 5 aliphatic carbocycles. The molecule has 4 fully saturated rings. The van der Waals surface area contributed by atoms with Crippen LogP contribution < -0.4 is 4.90 Å². The summed E-state index contributed by atoms with van der Waals surface area (Å²) in [5.41, 5.74) is -1.61. The van der Waals surface area contributed by atoms with Crippen molar-refractivity contribution < 1.29 is 56.8 Å². The molecule has 0 radical (unpaired) electrons. The van der Waals surface area contributed by atoms with Crippen LogP contribution in [0.3, 0.4) is 0 Å². The smallest absolute Gasteiger partial charge is 0.314 e. The lowest BCUT2D eigenvalue weighted by molar-refractivity contribution is -0.171. The Morgan fingerprint density at radius 3 is 1.82 bits per heavy atom. The second-order valence-corrected chi connectivity index (χ2v) is 26.4. The van der Waals surface area contributed by atoms with Gasteiger partial charge in [0.25, 0.3) is 0 Å². The van der Waals surface area contributed by atoms with Crippen LogP contribution in [-0.2, 0) is 67.6 Å². The van der Waals surface area contributed by atoms with Crippen LogP contribution >= 0.6 is 0 Å². The predicted molar refractivity (Wildman–Crippen MR) is 302 cm³/mol. The number of nitrogens with zero attached hydrogens (tertiary/aromatic N) is 1. The maximum absolute atomic E-state index is 14.4. The lowest BCUT2D eigenvalue weighted by atomic mass is 9.53. The molecule has 5 aromatic carbocycles. The Bertz CT molecular complexity index is 3560. The monoisotopic (exact) mass is 1100 g/mol. The van der Waals surface area contributed by atoms with Gasteiger partial charge >= 0.3 is 23.9 Å². The fourth-order valence-corrected chi connectivity index (χ4v) is 16.9. The van der Waals surface area contributed by atoms with Gasteiger partial charge in [0.05, 0.1) is 36.7 Å². The van der Waals surface area contributed by atoms with E-state index in [4.69, 9.17) is 18.9 Å². The van der Waals surface area contributed by atoms with Gasteiger partial charge in [-0.2, -0.15) is 0 Å². The Morgan fingerprint density at radius 1 is 0.688 bits per heavy atom. The van der Waals surface area contributed by atoms with Crippen molar-refractivity contribution in [3.8, 4) is 29.4 Å². The molecule has 13 nitrogen and oxygen atoms in total. The van der Waals surface area contributed by atoms with E-state index in [0.29, 0.717) is 57.6 Å². The first-order chi connectivity index (χ1) is 37.9. The summed E-state index contributed by atoms with van der Waals surface area (Å²) in [6, 6.07) is 30.9. The van der Waals surface area contributed by atoms with Crippen molar-refractivity contribution in [3.63, 3.8) is 0 Å². The number of fused-ring (bicyclic) bond motifs is 6. The SMILES string of the molecule is COC(=O)[C@]1([C@@]2(C(=O)OC)C(C(=O)OCc3ccc(C#C[C@]4(O)CC[C@H]5[C@@H]6CCc7cc(O)ccc7[C@H]6CC[C@@]54C)cc3)C2(C)C)C(C(=O)OCc2ccc(C#CCCS(=O)(=O)c3cccc4c(N(C)C)cccc34)cc2)C1(C)C. The second kappa shape index (κ2) is 20.4. The number of benzene rings is 5. The summed E-state index contributed by atoms with van der Waals surface area (Å²) in [4.78, 5) is 59.5. The van der Waals surface area contributed by atoms with Crippen LogP contribution in [0.5, 0.6) is 5.75 Å². The number of carbonyl (C=O) groups is 4. The highest BCUT2D eigenvalue weighted by atomic mass is 32.2. The first-order valence-electron chi connectivity index (χ1n) is 27.6. The van der Waals surface area contributed by atoms with Gasteiger partial charge in [-0.05, 0) is 138 Å². The van der Waals surface area contributed by atoms with Crippen molar-refractivity contribution >= 4 is 50.2 Å². The average molecular weight is 1100 g/mol. The van der Waals surface area contributed by atoms with E-state index in [1.807, 2.05) is 61.5 Å². The Kier molecular flexibility index (Phi) is 14.4. The van der Waals surface area contributed by atoms with Gasteiger partial charge < -0.3 is 34.1 Å². The molecule has 0 saturated heterocycles. The minimum absolute atomic E-state index is 0.109. The van der Waals surface area contributed by atoms with Crippen molar-refractivity contribution in [2.75, 3.05) is 39.0 Å². The van der Waals surface area contributed by atoms with Crippen LogP contribution in [0.2, 0.25) is 0 Å². The third kappa shape index (κ3) is 8.75. The number of sulfone groups is 1. The van der Waals surface area contributed by atoms with Crippen molar-refractivity contribution in [2.24, 2.45) is 50.7 Å². The number of hydrogen-bond donors (Lipinski definition) is 2. The molecular formula is C66H71NO12S. The van der Waals surface area contributed by atoms with E-state index >= 15 is 0 Å². The normalized spacial score (nSPS) is 28.2. The van der Waals surface area contributed by atoms with E-state index in [0.717, 1.165) is 43.2 Å². The van der Waals surface area contributed by atoms with E-state index in [1.54, 1.807) is 82.3 Å². The number of aryl methyl sites for hydroxylation is 1. The molecule has 0 spiro atoms. The van der Waals surface area contributed by atoms with Gasteiger partial charge in [-0.1, -0.05) is 113 Å². The summed E-state index contributed by atoms with van der Waals surface area (Å²) in [6.07, 6.45) is 5.38. The van der Waals surface area contributed by atoms with Crippen molar-refractivity contribution in [2.45, 2.75) is 109 Å². The number of ether oxygens (including phenoxy) is 4. The first-order valence-corrected chi connectivity index (χ1v) is 29.3. The fraction of sp³-hybridized carbons (Fsp3) is 0.455. The Balaban J connectivity index is 0.776. The summed E-state index contributed by atoms with van der Waals surface area (Å²) in [5, 5.41) is 23.9. The second-order valence-electron chi connectivity index (χ2n) is 24.3. The van der Waals surface area contributed by atoms with Crippen molar-refractivity contribution in [1.29, 1.82) is 0 Å². The molecule has 10 rings (SSSR count). The minimum Gasteiger partial charge on any atom is -0.508 e. The molecule has 5 aliphatic rings. The summed E-state index contributed by atoms with van der Waals surface area (Å²) in [7, 11) is 2.54. The number of esters is 4. The number of phenolic OH excluding ortho intramolecular Hbond substituents is 1. The van der Waals surface area contributed by atoms with E-state index in [2.05, 4.69) is 36.7 Å². The molecule has 14 heteroatoms. The molecule has 4 saturated carbocycles. The van der Waals surface area contributed by atoms with E-state index < -0.39 is 72.8 Å². The maximum Gasteiger partial charge on any atom is 0.314 e. The van der Waals surface area contributed by atoms with Gasteiger partial charge in [-0.15, -0.1) is 0 Å². The largest absolute Gasteiger partial charge is 0.508 e.